The summed E-state index contributed by atoms with van der Waals surface area (Å²) in [4.78, 5) is 12.3. The van der Waals surface area contributed by atoms with Crippen LogP contribution in [-0.2, 0) is 4.79 Å². The van der Waals surface area contributed by atoms with E-state index in [1.54, 1.807) is 4.90 Å². The third-order valence-electron chi connectivity index (χ3n) is 3.26. The largest absolute Gasteiger partial charge is 0.481 e. The molecule has 2 atom stereocenters. The lowest BCUT2D eigenvalue weighted by Gasteiger charge is -2.37. The lowest BCUT2D eigenvalue weighted by Crippen LogP contribution is -2.51. The first-order chi connectivity index (χ1) is 9.30. The van der Waals surface area contributed by atoms with E-state index in [1.807, 2.05) is 6.07 Å². The average Bonchev–Trinajstić information content (AvgIpc) is 2.33. The maximum Gasteiger partial charge on any atom is 0.401 e. The molecule has 5 nitrogen and oxygen atoms in total. The lowest BCUT2D eigenvalue weighted by atomic mass is 9.90. The highest BCUT2D eigenvalue weighted by atomic mass is 19.4. The molecule has 2 N–H and O–H groups in total. The van der Waals surface area contributed by atoms with Gasteiger partial charge in [0, 0.05) is 25.6 Å². The number of alkyl halides is 3. The van der Waals surface area contributed by atoms with Crippen molar-refractivity contribution in [3.8, 4) is 6.07 Å². The number of hydrogen-bond acceptors (Lipinski definition) is 4. The van der Waals surface area contributed by atoms with Crippen LogP contribution < -0.4 is 5.32 Å². The van der Waals surface area contributed by atoms with Gasteiger partial charge < -0.3 is 10.4 Å². The number of nitrogens with one attached hydrogen (secondary N) is 1. The molecule has 1 saturated heterocycles. The Hall–Kier alpha value is -1.33. The number of hydrogen-bond donors (Lipinski definition) is 2. The highest BCUT2D eigenvalue weighted by molar-refractivity contribution is 5.66. The summed E-state index contributed by atoms with van der Waals surface area (Å²) in [6.07, 6.45) is -3.35. The van der Waals surface area contributed by atoms with Crippen LogP contribution in [0.3, 0.4) is 0 Å². The molecule has 0 aliphatic carbocycles. The van der Waals surface area contributed by atoms with Crippen molar-refractivity contribution in [1.29, 1.82) is 5.26 Å². The van der Waals surface area contributed by atoms with Gasteiger partial charge in [0.25, 0.3) is 0 Å². The predicted molar refractivity (Wildman–Crippen MR) is 64.9 cm³/mol. The Balaban J connectivity index is 2.51. The van der Waals surface area contributed by atoms with E-state index in [2.05, 4.69) is 5.32 Å². The van der Waals surface area contributed by atoms with Gasteiger partial charge in [-0.05, 0) is 18.8 Å². The van der Waals surface area contributed by atoms with Gasteiger partial charge in [0.2, 0.25) is 0 Å². The van der Waals surface area contributed by atoms with Crippen molar-refractivity contribution in [2.75, 3.05) is 26.2 Å². The summed E-state index contributed by atoms with van der Waals surface area (Å²) in [5, 5.41) is 19.8. The van der Waals surface area contributed by atoms with Gasteiger partial charge in [-0.15, -0.1) is 0 Å². The number of carboxylic acids is 1. The smallest absolute Gasteiger partial charge is 0.401 e. The number of carboxylic acid groups (broad SMARTS) is 1. The van der Waals surface area contributed by atoms with Crippen LogP contribution in [0.15, 0.2) is 0 Å². The lowest BCUT2D eigenvalue weighted by molar-refractivity contribution is -0.137. The standard InChI is InChI=1S/C12H18F3N3O2/c13-12(14,15)8-17-10-5-9(1-2-11(19)20)6-18(7-10)4-3-16/h9-10,17H,1-2,4-8H2,(H,19,20). The molecule has 0 aromatic carbocycles. The van der Waals surface area contributed by atoms with E-state index in [1.165, 1.54) is 0 Å². The van der Waals surface area contributed by atoms with Crippen LogP contribution in [0.2, 0.25) is 0 Å². The normalized spacial score (nSPS) is 24.3. The number of rotatable bonds is 6. The van der Waals surface area contributed by atoms with Crippen molar-refractivity contribution in [2.24, 2.45) is 5.92 Å². The SMILES string of the molecule is N#CCN1CC(CCC(=O)O)CC(NCC(F)(F)F)C1. The molecule has 0 spiro atoms. The molecular weight excluding hydrogens is 275 g/mol. The molecule has 0 aromatic rings. The summed E-state index contributed by atoms with van der Waals surface area (Å²) >= 11 is 0. The zero-order chi connectivity index (χ0) is 15.2. The minimum absolute atomic E-state index is 0.000987. The number of piperidine rings is 1. The first-order valence-electron chi connectivity index (χ1n) is 6.41. The second-order valence-electron chi connectivity index (χ2n) is 5.08. The fraction of sp³-hybridized carbons (Fsp3) is 0.833. The summed E-state index contributed by atoms with van der Waals surface area (Å²) in [6, 6.07) is 1.61. The van der Waals surface area contributed by atoms with Crippen molar-refractivity contribution in [2.45, 2.75) is 31.5 Å². The van der Waals surface area contributed by atoms with Crippen molar-refractivity contribution >= 4 is 5.97 Å². The van der Waals surface area contributed by atoms with Gasteiger partial charge >= 0.3 is 12.1 Å². The summed E-state index contributed by atoms with van der Waals surface area (Å²) in [6.45, 7) is 0.0235. The summed E-state index contributed by atoms with van der Waals surface area (Å²) in [5.74, 6) is -0.916. The monoisotopic (exact) mass is 293 g/mol. The second kappa shape index (κ2) is 7.45. The molecular formula is C12H18F3N3O2. The summed E-state index contributed by atoms with van der Waals surface area (Å²) in [5.41, 5.74) is 0. The Morgan fingerprint density at radius 3 is 2.70 bits per heavy atom. The molecule has 0 bridgehead atoms. The minimum Gasteiger partial charge on any atom is -0.481 e. The molecule has 0 radical (unpaired) electrons. The fourth-order valence-corrected chi connectivity index (χ4v) is 2.48. The summed E-state index contributed by atoms with van der Waals surface area (Å²) < 4.78 is 36.6. The van der Waals surface area contributed by atoms with Crippen LogP contribution in [-0.4, -0.2) is 54.4 Å². The third-order valence-corrected chi connectivity index (χ3v) is 3.26. The number of likely N-dealkylation sites (tertiary alicyclic amines) is 1. The van der Waals surface area contributed by atoms with Crippen LogP contribution in [0, 0.1) is 17.2 Å². The average molecular weight is 293 g/mol. The van der Waals surface area contributed by atoms with Gasteiger partial charge in [0.1, 0.15) is 0 Å². The number of halogens is 3. The molecule has 1 aliphatic heterocycles. The quantitative estimate of drug-likeness (QED) is 0.720. The van der Waals surface area contributed by atoms with Gasteiger partial charge in [0.15, 0.2) is 0 Å². The molecule has 20 heavy (non-hydrogen) atoms. The topological polar surface area (TPSA) is 76.4 Å². The molecule has 1 fully saturated rings. The van der Waals surface area contributed by atoms with E-state index in [0.717, 1.165) is 0 Å². The third kappa shape index (κ3) is 6.73. The predicted octanol–water partition coefficient (Wildman–Crippen LogP) is 1.22. The molecule has 1 heterocycles. The van der Waals surface area contributed by atoms with E-state index in [4.69, 9.17) is 10.4 Å². The number of aliphatic carboxylic acids is 1. The van der Waals surface area contributed by atoms with Crippen molar-refractivity contribution in [3.05, 3.63) is 0 Å². The maximum atomic E-state index is 12.2. The van der Waals surface area contributed by atoms with Gasteiger partial charge in [-0.25, -0.2) is 0 Å². The van der Waals surface area contributed by atoms with E-state index in [9.17, 15) is 18.0 Å². The van der Waals surface area contributed by atoms with Gasteiger partial charge in [-0.2, -0.15) is 18.4 Å². The highest BCUT2D eigenvalue weighted by Gasteiger charge is 2.32. The molecule has 2 unspecified atom stereocenters. The Morgan fingerprint density at radius 1 is 1.45 bits per heavy atom. The molecule has 0 amide bonds. The van der Waals surface area contributed by atoms with Crippen molar-refractivity contribution in [1.82, 2.24) is 10.2 Å². The van der Waals surface area contributed by atoms with Crippen LogP contribution in [0.1, 0.15) is 19.3 Å². The molecule has 8 heteroatoms. The molecule has 1 aliphatic rings. The van der Waals surface area contributed by atoms with E-state index >= 15 is 0 Å². The van der Waals surface area contributed by atoms with Crippen LogP contribution in [0.5, 0.6) is 0 Å². The van der Waals surface area contributed by atoms with Gasteiger partial charge in [0.05, 0.1) is 19.2 Å². The molecule has 114 valence electrons. The second-order valence-corrected chi connectivity index (χ2v) is 5.08. The Kier molecular flexibility index (Phi) is 6.23. The van der Waals surface area contributed by atoms with Crippen molar-refractivity contribution in [3.63, 3.8) is 0 Å². The molecule has 0 aromatic heterocycles. The maximum absolute atomic E-state index is 12.2. The minimum atomic E-state index is -4.27. The Morgan fingerprint density at radius 2 is 2.15 bits per heavy atom. The number of carbonyl (C=O) groups is 1. The first-order valence-corrected chi connectivity index (χ1v) is 6.41. The van der Waals surface area contributed by atoms with E-state index in [0.29, 0.717) is 25.9 Å². The van der Waals surface area contributed by atoms with Crippen LogP contribution in [0.4, 0.5) is 13.2 Å². The number of nitriles is 1. The van der Waals surface area contributed by atoms with E-state index in [-0.39, 0.29) is 24.9 Å². The molecule has 1 rings (SSSR count). The zero-order valence-electron chi connectivity index (χ0n) is 11.0. The molecule has 0 saturated carbocycles. The highest BCUT2D eigenvalue weighted by Crippen LogP contribution is 2.22. The first kappa shape index (κ1) is 16.7. The van der Waals surface area contributed by atoms with Crippen LogP contribution >= 0.6 is 0 Å². The van der Waals surface area contributed by atoms with E-state index < -0.39 is 18.7 Å². The van der Waals surface area contributed by atoms with Gasteiger partial charge in [-0.1, -0.05) is 0 Å². The zero-order valence-corrected chi connectivity index (χ0v) is 11.0. The Bertz CT molecular complexity index is 368. The van der Waals surface area contributed by atoms with Gasteiger partial charge in [-0.3, -0.25) is 9.69 Å². The number of nitrogens with zero attached hydrogens (tertiary/aromatic N) is 2. The van der Waals surface area contributed by atoms with Crippen molar-refractivity contribution < 1.29 is 23.1 Å². The summed E-state index contributed by atoms with van der Waals surface area (Å²) in [7, 11) is 0. The fourth-order valence-electron chi connectivity index (χ4n) is 2.48. The van der Waals surface area contributed by atoms with Crippen LogP contribution in [0.25, 0.3) is 0 Å². The Labute approximate surface area is 115 Å².